The largest absolute Gasteiger partial charge is 0.488 e. The molecule has 6 atom stereocenters. The molecule has 6 saturated heterocycles. The van der Waals surface area contributed by atoms with Gasteiger partial charge in [-0.3, -0.25) is 28.8 Å². The van der Waals surface area contributed by atoms with Gasteiger partial charge in [0.25, 0.3) is 0 Å². The molecule has 0 bridgehead atoms. The number of carbonyl (C=O) groups is 6. The topological polar surface area (TPSA) is 500 Å². The van der Waals surface area contributed by atoms with Crippen molar-refractivity contribution in [2.24, 2.45) is 34.4 Å². The van der Waals surface area contributed by atoms with E-state index in [0.29, 0.717) is 137 Å². The van der Waals surface area contributed by atoms with Gasteiger partial charge in [0.05, 0.1) is 79.3 Å². The van der Waals surface area contributed by atoms with Crippen molar-refractivity contribution in [3.05, 3.63) is 201 Å². The van der Waals surface area contributed by atoms with Crippen LogP contribution in [0.1, 0.15) is 139 Å². The summed E-state index contributed by atoms with van der Waals surface area (Å²) in [6, 6.07) is 41.3. The quantitative estimate of drug-likeness (QED) is 0.0127. The van der Waals surface area contributed by atoms with Crippen LogP contribution in [0.2, 0.25) is 0 Å². The Kier molecular flexibility index (Phi) is 57.3. The summed E-state index contributed by atoms with van der Waals surface area (Å²) in [7, 11) is 0. The molecule has 6 heterocycles. The zero-order valence-corrected chi connectivity index (χ0v) is 66.1. The minimum Gasteiger partial charge on any atom is -0.488 e. The molecule has 0 aromatic heterocycles. The number of benzene rings is 6. The third-order valence-electron chi connectivity index (χ3n) is 18.6. The van der Waals surface area contributed by atoms with E-state index in [1.807, 2.05) is 121 Å². The van der Waals surface area contributed by atoms with Crippen molar-refractivity contribution >= 4 is 47.6 Å². The lowest BCUT2D eigenvalue weighted by atomic mass is 10.0. The van der Waals surface area contributed by atoms with Crippen molar-refractivity contribution in [1.82, 2.24) is 0 Å². The molecule has 32 heteroatoms. The number of aryl methyl sites for hydroxylation is 3. The van der Waals surface area contributed by atoms with Crippen molar-refractivity contribution in [2.45, 2.75) is 226 Å². The molecule has 0 spiro atoms. The van der Waals surface area contributed by atoms with Crippen LogP contribution < -0.4 is 39.1 Å². The molecule has 12 rings (SSSR count). The number of unbranched alkanes of at least 4 members (excludes halogenated alkanes) is 1. The lowest BCUT2D eigenvalue weighted by molar-refractivity contribution is -0.139. The third kappa shape index (κ3) is 45.3. The fourth-order valence-corrected chi connectivity index (χ4v) is 12.9. The summed E-state index contributed by atoms with van der Waals surface area (Å²) >= 11 is 1.65. The van der Waals surface area contributed by atoms with E-state index >= 15 is 0 Å². The first-order valence-corrected chi connectivity index (χ1v) is 39.9. The average Bonchev–Trinajstić information content (AvgIpc) is 1.25. The molecule has 684 valence electrons. The van der Waals surface area contributed by atoms with Gasteiger partial charge in [-0.15, -0.1) is 11.8 Å². The monoisotopic (exact) mass is 1730 g/mol. The van der Waals surface area contributed by atoms with Gasteiger partial charge in [0.1, 0.15) is 48.6 Å². The number of aliphatic carboxylic acids is 6. The van der Waals surface area contributed by atoms with Crippen LogP contribution in [-0.4, -0.2) is 232 Å². The lowest BCUT2D eigenvalue weighted by Gasteiger charge is -2.12. The number of hydrogen-bond acceptors (Lipinski definition) is 26. The Morgan fingerprint density at radius 1 is 0.287 bits per heavy atom. The van der Waals surface area contributed by atoms with E-state index in [0.717, 1.165) is 107 Å². The average molecular weight is 1740 g/mol. The van der Waals surface area contributed by atoms with Crippen LogP contribution in [0.4, 0.5) is 0 Å². The highest BCUT2D eigenvalue weighted by Crippen LogP contribution is 2.24. The Hall–Kier alpha value is -8.43. The number of hydrogen-bond donors (Lipinski definition) is 12. The maximum atomic E-state index is 10.7. The Morgan fingerprint density at radius 3 is 0.844 bits per heavy atom. The Bertz CT molecular complexity index is 3590. The summed E-state index contributed by atoms with van der Waals surface area (Å²) in [4.78, 5) is 65.1. The number of carboxylic acids is 6. The Morgan fingerprint density at radius 2 is 0.525 bits per heavy atom. The second-order valence-electron chi connectivity index (χ2n) is 28.0. The van der Waals surface area contributed by atoms with Crippen molar-refractivity contribution < 1.29 is 121 Å². The minimum absolute atomic E-state index is 0. The van der Waals surface area contributed by atoms with Gasteiger partial charge in [-0.2, -0.15) is 0 Å². The van der Waals surface area contributed by atoms with Crippen LogP contribution in [0.15, 0.2) is 150 Å². The van der Waals surface area contributed by atoms with E-state index in [1.165, 1.54) is 16.7 Å². The number of carboxylic acid groups (broad SMARTS) is 6. The molecule has 0 aliphatic carbocycles. The van der Waals surface area contributed by atoms with Gasteiger partial charge in [-0.05, 0) is 170 Å². The van der Waals surface area contributed by atoms with Gasteiger partial charge in [-0.25, -0.2) is 0 Å². The molecule has 6 aromatic carbocycles. The molecular weight excluding hydrogens is 1600 g/mol. The molecule has 122 heavy (non-hydrogen) atoms. The maximum absolute atomic E-state index is 10.7. The van der Waals surface area contributed by atoms with Crippen molar-refractivity contribution in [2.75, 3.05) is 91.6 Å². The Balaban J connectivity index is 0.000000725. The number of thioether (sulfide) groups is 1. The van der Waals surface area contributed by atoms with Gasteiger partial charge in [0.2, 0.25) is 0 Å². The van der Waals surface area contributed by atoms with Gasteiger partial charge >= 0.3 is 35.8 Å². The van der Waals surface area contributed by atoms with Gasteiger partial charge in [0, 0.05) is 23.5 Å². The van der Waals surface area contributed by atoms with E-state index in [-0.39, 0.29) is 82.3 Å². The number of rotatable bonds is 38. The normalized spacial score (nSPS) is 16.5. The molecular formula is C90H138N6O25S. The molecule has 6 fully saturated rings. The second-order valence-corrected chi connectivity index (χ2v) is 29.1. The van der Waals surface area contributed by atoms with Crippen molar-refractivity contribution in [1.29, 1.82) is 0 Å². The van der Waals surface area contributed by atoms with E-state index in [9.17, 15) is 28.8 Å². The SMILES string of the molecule is C.C.C.C.C.C.NC(Cc1ccc(CC2OCCO2)cc1)C(=O)O.NC(Cc1ccc(CCC2OCCO2)cc1)C(=O)O.NC(Cc1ccc(CCCC2OCCO2)cc1)C(=O)O.NC(Cc1ccc(CCCCC2OCCO2)cc1)C(=O)O.NC(Cc1ccc(OCC2OCCO2)cc1)C(=O)O.NC(Cc1ccc(SCC2OCCO2)cc1)C(=O)O. The zero-order chi connectivity index (χ0) is 83.4. The van der Waals surface area contributed by atoms with Gasteiger partial charge in [0.15, 0.2) is 37.7 Å². The summed E-state index contributed by atoms with van der Waals surface area (Å²) in [5, 5.41) is 52.5. The van der Waals surface area contributed by atoms with Gasteiger partial charge < -0.3 is 127 Å². The highest BCUT2D eigenvalue weighted by Gasteiger charge is 2.24. The number of ether oxygens (including phenoxy) is 13. The fraction of sp³-hybridized carbons (Fsp3) is 0.533. The van der Waals surface area contributed by atoms with E-state index in [1.54, 1.807) is 36.0 Å². The highest BCUT2D eigenvalue weighted by molar-refractivity contribution is 7.99. The second kappa shape index (κ2) is 62.6. The molecule has 18 N–H and O–H groups in total. The van der Waals surface area contributed by atoms with Crippen molar-refractivity contribution in [3.8, 4) is 5.75 Å². The summed E-state index contributed by atoms with van der Waals surface area (Å²) in [6.45, 7) is 8.34. The standard InChI is InChI=1S/C16H23NO4.C15H21NO4.C14H19NO4.C13H17NO5.C13H17NO4S.C13H17NO4.6CH4/c17-14(16(18)19)11-13-7-5-12(6-8-13)3-1-2-4-15-20-9-10-21-15;16-13(15(17)18)10-12-6-4-11(5-7-12)2-1-3-14-19-8-9-20-14;15-12(14(16)17)9-11-3-1-10(2-4-11)5-6-13-18-7-8-19-13;2*14-11(13(15)16)7-9-1-3-10(4-2-9)19-8-12-17-5-6-18-12;14-11(13(15)16)7-9-1-3-10(4-2-9)8-12-17-5-6-18-12;;;;;;/h5-8,14-15H,1-4,9-11,17H2,(H,18,19);4-7,13-14H,1-3,8-10,16H2,(H,17,18);1-4,12-13H,5-9,15H2,(H,16,17);2*1-4,11-12H,5-8,14H2,(H,15,16);1-4,11-12H,5-8,14H2,(H,15,16);6*1H4. The fourth-order valence-electron chi connectivity index (χ4n) is 12.0. The molecule has 6 unspecified atom stereocenters. The first-order valence-electron chi connectivity index (χ1n) is 38.9. The van der Waals surface area contributed by atoms with Crippen LogP contribution >= 0.6 is 11.8 Å². The smallest absolute Gasteiger partial charge is 0.320 e. The molecule has 0 radical (unpaired) electrons. The predicted molar refractivity (Wildman–Crippen MR) is 468 cm³/mol. The summed E-state index contributed by atoms with van der Waals surface area (Å²) in [5.74, 6) is -4.42. The summed E-state index contributed by atoms with van der Waals surface area (Å²) in [5.41, 5.74) is 43.3. The van der Waals surface area contributed by atoms with Crippen LogP contribution in [-0.2, 0) is 150 Å². The molecule has 0 amide bonds. The van der Waals surface area contributed by atoms with Gasteiger partial charge in [-0.1, -0.05) is 166 Å². The molecule has 0 saturated carbocycles. The van der Waals surface area contributed by atoms with Crippen LogP contribution in [0.5, 0.6) is 5.75 Å². The van der Waals surface area contributed by atoms with E-state index in [2.05, 4.69) is 0 Å². The zero-order valence-electron chi connectivity index (χ0n) is 65.3. The minimum atomic E-state index is -1.00. The van der Waals surface area contributed by atoms with Crippen LogP contribution in [0, 0.1) is 0 Å². The molecule has 31 nitrogen and oxygen atoms in total. The lowest BCUT2D eigenvalue weighted by Crippen LogP contribution is -2.32. The Labute approximate surface area is 724 Å². The first kappa shape index (κ1) is 112. The number of nitrogens with two attached hydrogens (primary N) is 6. The highest BCUT2D eigenvalue weighted by atomic mass is 32.2. The molecule has 6 aromatic rings. The van der Waals surface area contributed by atoms with E-state index < -0.39 is 72.1 Å². The molecule has 6 aliphatic heterocycles. The first-order chi connectivity index (χ1) is 55.9. The molecule has 6 aliphatic rings. The van der Waals surface area contributed by atoms with Crippen LogP contribution in [0.25, 0.3) is 0 Å². The van der Waals surface area contributed by atoms with E-state index in [4.69, 9.17) is 127 Å². The predicted octanol–water partition coefficient (Wildman–Crippen LogP) is 9.88. The van der Waals surface area contributed by atoms with Crippen molar-refractivity contribution in [3.63, 3.8) is 0 Å². The van der Waals surface area contributed by atoms with Crippen LogP contribution in [0.3, 0.4) is 0 Å². The summed E-state index contributed by atoms with van der Waals surface area (Å²) < 4.78 is 69.7. The maximum Gasteiger partial charge on any atom is 0.320 e. The summed E-state index contributed by atoms with van der Waals surface area (Å²) in [6.07, 6.45) is 10.8. The third-order valence-corrected chi connectivity index (χ3v) is 19.7.